The molecule has 0 spiro atoms. The van der Waals surface area contributed by atoms with Crippen LogP contribution in [0.5, 0.6) is 0 Å². The molecule has 1 heterocycles. The van der Waals surface area contributed by atoms with E-state index < -0.39 is 0 Å². The highest BCUT2D eigenvalue weighted by Gasteiger charge is 1.95. The van der Waals surface area contributed by atoms with Gasteiger partial charge in [0, 0.05) is 24.7 Å². The average molecular weight is 259 g/mol. The molecule has 1 aromatic carbocycles. The Morgan fingerprint density at radius 3 is 2.56 bits per heavy atom. The number of nitrogens with one attached hydrogen (secondary N) is 1. The van der Waals surface area contributed by atoms with Crippen molar-refractivity contribution in [2.75, 3.05) is 12.3 Å². The first-order valence-electron chi connectivity index (χ1n) is 6.09. The van der Waals surface area contributed by atoms with Gasteiger partial charge in [0.1, 0.15) is 0 Å². The Hall–Kier alpha value is -1.39. The standard InChI is InChI=1S/C14H17N3S/c1-2-6-13(7-3-1)12-15-8-5-11-18-14-16-9-4-10-17-14/h1-4,6-7,9-10,15H,5,8,11-12H2. The van der Waals surface area contributed by atoms with Gasteiger partial charge in [-0.2, -0.15) is 0 Å². The SMILES string of the molecule is c1ccc(CNCCCSc2ncccn2)cc1. The van der Waals surface area contributed by atoms with E-state index in [4.69, 9.17) is 0 Å². The number of benzene rings is 1. The van der Waals surface area contributed by atoms with Gasteiger partial charge in [0.15, 0.2) is 5.16 Å². The number of hydrogen-bond acceptors (Lipinski definition) is 4. The molecule has 0 amide bonds. The van der Waals surface area contributed by atoms with Gasteiger partial charge in [-0.05, 0) is 24.6 Å². The van der Waals surface area contributed by atoms with Gasteiger partial charge in [0.05, 0.1) is 0 Å². The lowest BCUT2D eigenvalue weighted by atomic mass is 10.2. The van der Waals surface area contributed by atoms with Gasteiger partial charge in [-0.3, -0.25) is 0 Å². The quantitative estimate of drug-likeness (QED) is 0.471. The summed E-state index contributed by atoms with van der Waals surface area (Å²) in [7, 11) is 0. The number of rotatable bonds is 7. The Balaban J connectivity index is 1.54. The smallest absolute Gasteiger partial charge is 0.187 e. The lowest BCUT2D eigenvalue weighted by molar-refractivity contribution is 0.678. The fraction of sp³-hybridized carbons (Fsp3) is 0.286. The van der Waals surface area contributed by atoms with Crippen molar-refractivity contribution in [3.8, 4) is 0 Å². The van der Waals surface area contributed by atoms with E-state index in [-0.39, 0.29) is 0 Å². The molecule has 0 radical (unpaired) electrons. The summed E-state index contributed by atoms with van der Waals surface area (Å²) >= 11 is 1.70. The lowest BCUT2D eigenvalue weighted by Gasteiger charge is -2.04. The summed E-state index contributed by atoms with van der Waals surface area (Å²) in [5.74, 6) is 1.05. The molecule has 2 aromatic rings. The second kappa shape index (κ2) is 7.84. The Morgan fingerprint density at radius 1 is 1.00 bits per heavy atom. The van der Waals surface area contributed by atoms with E-state index in [9.17, 15) is 0 Å². The molecule has 3 nitrogen and oxygen atoms in total. The van der Waals surface area contributed by atoms with Crippen LogP contribution in [-0.4, -0.2) is 22.3 Å². The Kier molecular flexibility index (Phi) is 5.69. The second-order valence-electron chi connectivity index (χ2n) is 3.90. The zero-order valence-corrected chi connectivity index (χ0v) is 11.1. The Morgan fingerprint density at radius 2 is 1.78 bits per heavy atom. The first-order valence-corrected chi connectivity index (χ1v) is 7.08. The minimum atomic E-state index is 0.862. The predicted octanol–water partition coefficient (Wildman–Crippen LogP) is 2.75. The molecular weight excluding hydrogens is 242 g/mol. The summed E-state index contributed by atoms with van der Waals surface area (Å²) in [6.07, 6.45) is 4.68. The van der Waals surface area contributed by atoms with Gasteiger partial charge in [-0.15, -0.1) is 0 Å². The molecule has 0 fully saturated rings. The predicted molar refractivity (Wildman–Crippen MR) is 75.5 cm³/mol. The van der Waals surface area contributed by atoms with Crippen LogP contribution >= 0.6 is 11.8 Å². The van der Waals surface area contributed by atoms with E-state index in [0.29, 0.717) is 0 Å². The lowest BCUT2D eigenvalue weighted by Crippen LogP contribution is -2.15. The van der Waals surface area contributed by atoms with Crippen LogP contribution in [0.3, 0.4) is 0 Å². The highest BCUT2D eigenvalue weighted by Crippen LogP contribution is 2.11. The summed E-state index contributed by atoms with van der Waals surface area (Å²) in [6, 6.07) is 12.3. The van der Waals surface area contributed by atoms with Crippen LogP contribution in [0.25, 0.3) is 0 Å². The molecule has 4 heteroatoms. The number of aromatic nitrogens is 2. The van der Waals surface area contributed by atoms with E-state index >= 15 is 0 Å². The van der Waals surface area contributed by atoms with E-state index in [1.807, 2.05) is 12.1 Å². The van der Waals surface area contributed by atoms with Crippen molar-refractivity contribution >= 4 is 11.8 Å². The van der Waals surface area contributed by atoms with Crippen molar-refractivity contribution in [2.24, 2.45) is 0 Å². The normalized spacial score (nSPS) is 10.4. The van der Waals surface area contributed by atoms with Gasteiger partial charge in [0.25, 0.3) is 0 Å². The summed E-state index contributed by atoms with van der Waals surface area (Å²) < 4.78 is 0. The number of hydrogen-bond donors (Lipinski definition) is 1. The molecular formula is C14H17N3S. The van der Waals surface area contributed by atoms with Crippen molar-refractivity contribution in [1.29, 1.82) is 0 Å². The van der Waals surface area contributed by atoms with Gasteiger partial charge in [0.2, 0.25) is 0 Å². The minimum Gasteiger partial charge on any atom is -0.313 e. The molecule has 0 unspecified atom stereocenters. The highest BCUT2D eigenvalue weighted by atomic mass is 32.2. The third kappa shape index (κ3) is 4.85. The Labute approximate surface area is 112 Å². The number of thioether (sulfide) groups is 1. The van der Waals surface area contributed by atoms with Crippen LogP contribution in [0.15, 0.2) is 53.9 Å². The van der Waals surface area contributed by atoms with Crippen molar-refractivity contribution in [3.63, 3.8) is 0 Å². The van der Waals surface area contributed by atoms with Crippen LogP contribution in [0.1, 0.15) is 12.0 Å². The molecule has 0 saturated heterocycles. The largest absolute Gasteiger partial charge is 0.313 e. The fourth-order valence-electron chi connectivity index (χ4n) is 1.55. The fourth-order valence-corrected chi connectivity index (χ4v) is 2.29. The van der Waals surface area contributed by atoms with Crippen molar-refractivity contribution < 1.29 is 0 Å². The van der Waals surface area contributed by atoms with Crippen LogP contribution in [0.2, 0.25) is 0 Å². The topological polar surface area (TPSA) is 37.8 Å². The van der Waals surface area contributed by atoms with Crippen molar-refractivity contribution in [1.82, 2.24) is 15.3 Å². The van der Waals surface area contributed by atoms with Crippen LogP contribution in [0, 0.1) is 0 Å². The van der Waals surface area contributed by atoms with E-state index in [0.717, 1.165) is 30.4 Å². The second-order valence-corrected chi connectivity index (χ2v) is 4.96. The third-order valence-corrected chi connectivity index (χ3v) is 3.40. The molecule has 0 atom stereocenters. The molecule has 1 N–H and O–H groups in total. The average Bonchev–Trinajstić information content (AvgIpc) is 2.45. The van der Waals surface area contributed by atoms with Crippen LogP contribution < -0.4 is 5.32 Å². The summed E-state index contributed by atoms with van der Waals surface area (Å²) in [5.41, 5.74) is 1.33. The van der Waals surface area contributed by atoms with Crippen LogP contribution in [-0.2, 0) is 6.54 Å². The highest BCUT2D eigenvalue weighted by molar-refractivity contribution is 7.99. The summed E-state index contributed by atoms with van der Waals surface area (Å²) in [5, 5.41) is 4.30. The van der Waals surface area contributed by atoms with Gasteiger partial charge >= 0.3 is 0 Å². The molecule has 1 aromatic heterocycles. The molecule has 18 heavy (non-hydrogen) atoms. The van der Waals surface area contributed by atoms with Gasteiger partial charge in [-0.25, -0.2) is 9.97 Å². The maximum atomic E-state index is 4.18. The zero-order chi connectivity index (χ0) is 12.5. The maximum absolute atomic E-state index is 4.18. The first-order chi connectivity index (χ1) is 8.95. The minimum absolute atomic E-state index is 0.862. The monoisotopic (exact) mass is 259 g/mol. The van der Waals surface area contributed by atoms with Crippen molar-refractivity contribution in [3.05, 3.63) is 54.4 Å². The van der Waals surface area contributed by atoms with E-state index in [1.165, 1.54) is 5.56 Å². The molecule has 0 aliphatic heterocycles. The Bertz CT molecular complexity index is 390. The number of nitrogens with zero attached hydrogens (tertiary/aromatic N) is 2. The zero-order valence-electron chi connectivity index (χ0n) is 10.2. The van der Waals surface area contributed by atoms with Crippen LogP contribution in [0.4, 0.5) is 0 Å². The maximum Gasteiger partial charge on any atom is 0.187 e. The molecule has 0 bridgehead atoms. The van der Waals surface area contributed by atoms with Gasteiger partial charge < -0.3 is 5.32 Å². The van der Waals surface area contributed by atoms with E-state index in [1.54, 1.807) is 24.2 Å². The summed E-state index contributed by atoms with van der Waals surface area (Å²) in [4.78, 5) is 8.35. The molecule has 94 valence electrons. The molecule has 0 aliphatic rings. The molecule has 0 saturated carbocycles. The first kappa shape index (κ1) is 13.1. The summed E-state index contributed by atoms with van der Waals surface area (Å²) in [6.45, 7) is 1.96. The van der Waals surface area contributed by atoms with Gasteiger partial charge in [-0.1, -0.05) is 42.1 Å². The molecule has 2 rings (SSSR count). The molecule has 0 aliphatic carbocycles. The van der Waals surface area contributed by atoms with Crippen molar-refractivity contribution in [2.45, 2.75) is 18.1 Å². The third-order valence-electron chi connectivity index (χ3n) is 2.44. The van der Waals surface area contributed by atoms with E-state index in [2.05, 4.69) is 39.6 Å².